The highest BCUT2D eigenvalue weighted by Gasteiger charge is 2.10. The molecule has 0 N–H and O–H groups in total. The van der Waals surface area contributed by atoms with Crippen LogP contribution in [0.3, 0.4) is 0 Å². The van der Waals surface area contributed by atoms with Crippen LogP contribution in [0, 0.1) is 6.61 Å². The van der Waals surface area contributed by atoms with Crippen molar-refractivity contribution in [2.24, 2.45) is 5.16 Å². The van der Waals surface area contributed by atoms with E-state index in [-0.39, 0.29) is 0 Å². The highest BCUT2D eigenvalue weighted by Crippen LogP contribution is 2.12. The summed E-state index contributed by atoms with van der Waals surface area (Å²) in [5.41, 5.74) is 2.06. The molecule has 1 aliphatic heterocycles. The third-order valence-electron chi connectivity index (χ3n) is 1.57. The van der Waals surface area contributed by atoms with Crippen LogP contribution in [0.15, 0.2) is 35.5 Å². The van der Waals surface area contributed by atoms with Crippen molar-refractivity contribution in [3.63, 3.8) is 0 Å². The first-order valence-corrected chi connectivity index (χ1v) is 3.48. The number of benzene rings is 1. The Labute approximate surface area is 65.5 Å². The molecule has 2 rings (SSSR count). The molecule has 0 amide bonds. The Morgan fingerprint density at radius 3 is 2.73 bits per heavy atom. The van der Waals surface area contributed by atoms with Gasteiger partial charge in [-0.25, -0.2) is 0 Å². The van der Waals surface area contributed by atoms with Crippen LogP contribution in [0.2, 0.25) is 0 Å². The summed E-state index contributed by atoms with van der Waals surface area (Å²) in [4.78, 5) is 4.65. The van der Waals surface area contributed by atoms with E-state index in [9.17, 15) is 0 Å². The zero-order valence-corrected chi connectivity index (χ0v) is 5.95. The van der Waals surface area contributed by atoms with E-state index in [1.54, 1.807) is 0 Å². The Kier molecular flexibility index (Phi) is 1.60. The van der Waals surface area contributed by atoms with Gasteiger partial charge in [0, 0.05) is 6.42 Å². The Morgan fingerprint density at radius 2 is 2.09 bits per heavy atom. The lowest BCUT2D eigenvalue weighted by Gasteiger charge is -1.94. The van der Waals surface area contributed by atoms with Crippen molar-refractivity contribution in [1.82, 2.24) is 0 Å². The predicted molar refractivity (Wildman–Crippen MR) is 41.9 cm³/mol. The third kappa shape index (κ3) is 1.24. The van der Waals surface area contributed by atoms with E-state index in [2.05, 4.69) is 16.6 Å². The summed E-state index contributed by atoms with van der Waals surface area (Å²) in [7, 11) is 0. The van der Waals surface area contributed by atoms with E-state index in [0.717, 1.165) is 11.3 Å². The van der Waals surface area contributed by atoms with Gasteiger partial charge in [-0.2, -0.15) is 0 Å². The Morgan fingerprint density at radius 1 is 1.27 bits per heavy atom. The van der Waals surface area contributed by atoms with Crippen LogP contribution in [0.5, 0.6) is 0 Å². The lowest BCUT2D eigenvalue weighted by Crippen LogP contribution is -1.94. The van der Waals surface area contributed by atoms with Gasteiger partial charge in [0.15, 0.2) is 0 Å². The minimum Gasteiger partial charge on any atom is -0.379 e. The summed E-state index contributed by atoms with van der Waals surface area (Å²) in [5, 5.41) is 3.81. The van der Waals surface area contributed by atoms with Crippen molar-refractivity contribution >= 4 is 5.71 Å². The summed E-state index contributed by atoms with van der Waals surface area (Å²) in [6.07, 6.45) is 0.685. The zero-order chi connectivity index (χ0) is 7.52. The number of hydrogen-bond acceptors (Lipinski definition) is 2. The average Bonchev–Trinajstić information content (AvgIpc) is 2.58. The molecule has 1 aromatic rings. The summed E-state index contributed by atoms with van der Waals surface area (Å²) >= 11 is 0. The van der Waals surface area contributed by atoms with Crippen LogP contribution < -0.4 is 0 Å². The zero-order valence-electron chi connectivity index (χ0n) is 5.95. The highest BCUT2D eigenvalue weighted by molar-refractivity contribution is 6.01. The first-order valence-electron chi connectivity index (χ1n) is 3.48. The predicted octanol–water partition coefficient (Wildman–Crippen LogP) is 1.85. The molecule has 0 aliphatic carbocycles. The summed E-state index contributed by atoms with van der Waals surface area (Å²) in [6.45, 7) is 2.67. The molecule has 1 heterocycles. The van der Waals surface area contributed by atoms with Crippen molar-refractivity contribution in [3.05, 3.63) is 42.5 Å². The minimum absolute atomic E-state index is 0.685. The minimum atomic E-state index is 0.685. The van der Waals surface area contributed by atoms with E-state index in [0.29, 0.717) is 6.42 Å². The SMILES string of the molecule is [C]1CC(c2ccccc2)=NO1. The summed E-state index contributed by atoms with van der Waals surface area (Å²) in [5.74, 6) is 0. The Balaban J connectivity index is 2.29. The molecule has 0 saturated heterocycles. The van der Waals surface area contributed by atoms with Gasteiger partial charge >= 0.3 is 0 Å². The molecule has 11 heavy (non-hydrogen) atoms. The topological polar surface area (TPSA) is 21.6 Å². The van der Waals surface area contributed by atoms with Gasteiger partial charge in [-0.1, -0.05) is 35.5 Å². The van der Waals surface area contributed by atoms with Gasteiger partial charge < -0.3 is 4.84 Å². The summed E-state index contributed by atoms with van der Waals surface area (Å²) in [6, 6.07) is 9.96. The number of rotatable bonds is 1. The van der Waals surface area contributed by atoms with Crippen molar-refractivity contribution in [3.8, 4) is 0 Å². The molecule has 0 spiro atoms. The van der Waals surface area contributed by atoms with E-state index in [4.69, 9.17) is 0 Å². The fourth-order valence-corrected chi connectivity index (χ4v) is 1.01. The Bertz CT molecular complexity index is 266. The molecular formula is C9H7NO. The lowest BCUT2D eigenvalue weighted by atomic mass is 10.1. The maximum Gasteiger partial charge on any atom is 0.236 e. The standard InChI is InChI=1S/C9H7NO/c1-2-4-8(5-3-1)9-6-7-11-10-9/h1-5H,6H2. The van der Waals surface area contributed by atoms with Crippen LogP contribution in [0.4, 0.5) is 0 Å². The fraction of sp³-hybridized carbons (Fsp3) is 0.111. The number of nitrogens with zero attached hydrogens (tertiary/aromatic N) is 1. The molecule has 1 aromatic carbocycles. The first kappa shape index (κ1) is 6.40. The van der Waals surface area contributed by atoms with Gasteiger partial charge in [0.2, 0.25) is 6.61 Å². The van der Waals surface area contributed by atoms with Crippen molar-refractivity contribution in [2.45, 2.75) is 6.42 Å². The van der Waals surface area contributed by atoms with E-state index in [1.807, 2.05) is 30.3 Å². The fourth-order valence-electron chi connectivity index (χ4n) is 1.01. The van der Waals surface area contributed by atoms with Crippen molar-refractivity contribution < 1.29 is 4.84 Å². The molecule has 2 heteroatoms. The van der Waals surface area contributed by atoms with Gasteiger partial charge in [0.05, 0.1) is 5.71 Å². The van der Waals surface area contributed by atoms with Gasteiger partial charge in [-0.3, -0.25) is 0 Å². The Hall–Kier alpha value is -1.31. The van der Waals surface area contributed by atoms with Crippen LogP contribution in [-0.2, 0) is 4.84 Å². The molecular weight excluding hydrogens is 138 g/mol. The maximum absolute atomic E-state index is 4.65. The second-order valence-corrected chi connectivity index (χ2v) is 2.32. The highest BCUT2D eigenvalue weighted by atomic mass is 16.6. The lowest BCUT2D eigenvalue weighted by molar-refractivity contribution is 0.234. The maximum atomic E-state index is 4.65. The molecule has 0 saturated carbocycles. The first-order chi connectivity index (χ1) is 5.47. The monoisotopic (exact) mass is 145 g/mol. The van der Waals surface area contributed by atoms with Crippen LogP contribution in [-0.4, -0.2) is 5.71 Å². The molecule has 0 bridgehead atoms. The molecule has 0 aromatic heterocycles. The van der Waals surface area contributed by atoms with E-state index < -0.39 is 0 Å². The quantitative estimate of drug-likeness (QED) is 0.591. The third-order valence-corrected chi connectivity index (χ3v) is 1.57. The molecule has 2 nitrogen and oxygen atoms in total. The van der Waals surface area contributed by atoms with Gasteiger partial charge in [-0.05, 0) is 5.56 Å². The second-order valence-electron chi connectivity index (χ2n) is 2.32. The van der Waals surface area contributed by atoms with Crippen LogP contribution in [0.1, 0.15) is 12.0 Å². The molecule has 54 valence electrons. The summed E-state index contributed by atoms with van der Waals surface area (Å²) < 4.78 is 0. The van der Waals surface area contributed by atoms with Crippen molar-refractivity contribution in [1.29, 1.82) is 0 Å². The molecule has 0 unspecified atom stereocenters. The molecule has 1 aliphatic rings. The van der Waals surface area contributed by atoms with Gasteiger partial charge in [-0.15, -0.1) is 0 Å². The normalized spacial score (nSPS) is 15.8. The van der Waals surface area contributed by atoms with Crippen molar-refractivity contribution in [2.75, 3.05) is 0 Å². The molecule has 2 radical (unpaired) electrons. The van der Waals surface area contributed by atoms with E-state index >= 15 is 0 Å². The number of hydrogen-bond donors (Lipinski definition) is 0. The van der Waals surface area contributed by atoms with Gasteiger partial charge in [0.1, 0.15) is 0 Å². The van der Waals surface area contributed by atoms with Crippen LogP contribution in [0.25, 0.3) is 0 Å². The van der Waals surface area contributed by atoms with Crippen LogP contribution >= 0.6 is 0 Å². The largest absolute Gasteiger partial charge is 0.379 e. The molecule has 0 fully saturated rings. The second kappa shape index (κ2) is 2.74. The van der Waals surface area contributed by atoms with Gasteiger partial charge in [0.25, 0.3) is 0 Å². The number of oxime groups is 1. The smallest absolute Gasteiger partial charge is 0.236 e. The molecule has 0 atom stereocenters. The average molecular weight is 145 g/mol. The van der Waals surface area contributed by atoms with E-state index in [1.165, 1.54) is 0 Å².